The van der Waals surface area contributed by atoms with Gasteiger partial charge in [-0.25, -0.2) is 4.83 Å². The molecular formula is C21H19N3O6S. The first-order chi connectivity index (χ1) is 14.9. The van der Waals surface area contributed by atoms with E-state index in [1.165, 1.54) is 37.6 Å². The molecule has 0 heterocycles. The summed E-state index contributed by atoms with van der Waals surface area (Å²) in [6.07, 6.45) is 1.35. The fraction of sp³-hybridized carbons (Fsp3) is 0.0952. The lowest BCUT2D eigenvalue weighted by Gasteiger charge is -2.11. The highest BCUT2D eigenvalue weighted by molar-refractivity contribution is 7.89. The van der Waals surface area contributed by atoms with Crippen LogP contribution in [-0.4, -0.2) is 26.7 Å². The second-order valence-corrected chi connectivity index (χ2v) is 7.95. The molecule has 160 valence electrons. The highest BCUT2D eigenvalue weighted by atomic mass is 32.2. The van der Waals surface area contributed by atoms with Gasteiger partial charge in [-0.3, -0.25) is 10.1 Å². The summed E-state index contributed by atoms with van der Waals surface area (Å²) < 4.78 is 35.4. The third-order valence-corrected chi connectivity index (χ3v) is 5.41. The predicted octanol–water partition coefficient (Wildman–Crippen LogP) is 3.49. The first-order valence-electron chi connectivity index (χ1n) is 9.03. The van der Waals surface area contributed by atoms with E-state index >= 15 is 0 Å². The molecule has 0 atom stereocenters. The molecule has 31 heavy (non-hydrogen) atoms. The van der Waals surface area contributed by atoms with E-state index in [0.717, 1.165) is 5.56 Å². The van der Waals surface area contributed by atoms with Gasteiger partial charge in [0.25, 0.3) is 15.7 Å². The van der Waals surface area contributed by atoms with E-state index < -0.39 is 14.9 Å². The van der Waals surface area contributed by atoms with Gasteiger partial charge in [-0.1, -0.05) is 18.2 Å². The van der Waals surface area contributed by atoms with Crippen LogP contribution in [0.15, 0.2) is 82.8 Å². The Kier molecular flexibility index (Phi) is 6.83. The minimum Gasteiger partial charge on any atom is -0.493 e. The Bertz CT molecular complexity index is 1180. The van der Waals surface area contributed by atoms with Gasteiger partial charge in [0.1, 0.15) is 6.61 Å². The standard InChI is InChI=1S/C21H19N3O6S/c1-29-21-13-17(14-22-23-31(27,28)19-5-3-2-4-6-19)9-12-20(21)30-15-16-7-10-18(11-8-16)24(25)26/h2-14,23H,15H2,1H3/b22-14-. The van der Waals surface area contributed by atoms with Crippen molar-refractivity contribution in [1.82, 2.24) is 4.83 Å². The molecule has 0 amide bonds. The summed E-state index contributed by atoms with van der Waals surface area (Å²) in [4.78, 5) is 12.5. The normalized spacial score (nSPS) is 11.3. The van der Waals surface area contributed by atoms with Crippen LogP contribution in [-0.2, 0) is 16.6 Å². The van der Waals surface area contributed by atoms with Crippen LogP contribution in [0.1, 0.15) is 11.1 Å². The van der Waals surface area contributed by atoms with Crippen LogP contribution in [0.4, 0.5) is 5.69 Å². The molecule has 9 nitrogen and oxygen atoms in total. The van der Waals surface area contributed by atoms with E-state index in [1.54, 1.807) is 48.5 Å². The van der Waals surface area contributed by atoms with Crippen molar-refractivity contribution in [3.05, 3.63) is 94.0 Å². The van der Waals surface area contributed by atoms with Crippen molar-refractivity contribution in [2.75, 3.05) is 7.11 Å². The smallest absolute Gasteiger partial charge is 0.276 e. The van der Waals surface area contributed by atoms with E-state index in [4.69, 9.17) is 9.47 Å². The van der Waals surface area contributed by atoms with Crippen molar-refractivity contribution in [3.8, 4) is 11.5 Å². The average molecular weight is 441 g/mol. The highest BCUT2D eigenvalue weighted by Crippen LogP contribution is 2.28. The summed E-state index contributed by atoms with van der Waals surface area (Å²) in [6, 6.07) is 19.0. The SMILES string of the molecule is COc1cc(/C=N\NS(=O)(=O)c2ccccc2)ccc1OCc1ccc([N+](=O)[O-])cc1. The minimum atomic E-state index is -3.75. The molecule has 3 aromatic carbocycles. The van der Waals surface area contributed by atoms with Gasteiger partial charge in [-0.05, 0) is 53.6 Å². The molecule has 0 aliphatic heterocycles. The second kappa shape index (κ2) is 9.72. The van der Waals surface area contributed by atoms with Crippen LogP contribution in [0.25, 0.3) is 0 Å². The molecule has 0 aromatic heterocycles. The van der Waals surface area contributed by atoms with Gasteiger partial charge in [0.05, 0.1) is 23.1 Å². The van der Waals surface area contributed by atoms with Gasteiger partial charge < -0.3 is 9.47 Å². The number of benzene rings is 3. The van der Waals surface area contributed by atoms with Crippen molar-refractivity contribution >= 4 is 21.9 Å². The van der Waals surface area contributed by atoms with Gasteiger partial charge in [0.15, 0.2) is 11.5 Å². The first-order valence-corrected chi connectivity index (χ1v) is 10.5. The maximum absolute atomic E-state index is 12.2. The van der Waals surface area contributed by atoms with Gasteiger partial charge in [-0.15, -0.1) is 0 Å². The summed E-state index contributed by atoms with van der Waals surface area (Å²) in [5, 5.41) is 14.5. The quantitative estimate of drug-likeness (QED) is 0.308. The lowest BCUT2D eigenvalue weighted by molar-refractivity contribution is -0.384. The number of hydrogen-bond acceptors (Lipinski definition) is 7. The van der Waals surface area contributed by atoms with E-state index in [2.05, 4.69) is 9.93 Å². The summed E-state index contributed by atoms with van der Waals surface area (Å²) in [7, 11) is -2.27. The second-order valence-electron chi connectivity index (χ2n) is 6.29. The first kappa shape index (κ1) is 21.8. The summed E-state index contributed by atoms with van der Waals surface area (Å²) in [6.45, 7) is 0.193. The molecule has 3 rings (SSSR count). The third-order valence-electron chi connectivity index (χ3n) is 4.17. The lowest BCUT2D eigenvalue weighted by atomic mass is 10.2. The maximum Gasteiger partial charge on any atom is 0.276 e. The number of methoxy groups -OCH3 is 1. The minimum absolute atomic E-state index is 0.00728. The van der Waals surface area contributed by atoms with Crippen LogP contribution in [0.5, 0.6) is 11.5 Å². The van der Waals surface area contributed by atoms with Crippen molar-refractivity contribution in [2.45, 2.75) is 11.5 Å². The van der Waals surface area contributed by atoms with Crippen molar-refractivity contribution in [2.24, 2.45) is 5.10 Å². The maximum atomic E-state index is 12.2. The monoisotopic (exact) mass is 441 g/mol. The number of nitro benzene ring substituents is 1. The van der Waals surface area contributed by atoms with Crippen LogP contribution in [0.2, 0.25) is 0 Å². The zero-order valence-corrected chi connectivity index (χ0v) is 17.3. The molecule has 0 spiro atoms. The molecule has 0 saturated heterocycles. The summed E-state index contributed by atoms with van der Waals surface area (Å²) in [5.74, 6) is 0.889. The Balaban J connectivity index is 1.65. The summed E-state index contributed by atoms with van der Waals surface area (Å²) >= 11 is 0. The van der Waals surface area contributed by atoms with E-state index in [9.17, 15) is 18.5 Å². The molecule has 0 aliphatic carbocycles. The average Bonchev–Trinajstić information content (AvgIpc) is 2.78. The Morgan fingerprint density at radius 3 is 2.39 bits per heavy atom. The third kappa shape index (κ3) is 5.80. The molecule has 0 radical (unpaired) electrons. The zero-order chi connectivity index (χ0) is 22.3. The Labute approximate surface area is 179 Å². The fourth-order valence-electron chi connectivity index (χ4n) is 2.58. The Morgan fingerprint density at radius 2 is 1.74 bits per heavy atom. The number of sulfonamides is 1. The number of ether oxygens (including phenoxy) is 2. The number of non-ortho nitro benzene ring substituents is 1. The van der Waals surface area contributed by atoms with Crippen LogP contribution >= 0.6 is 0 Å². The van der Waals surface area contributed by atoms with Crippen LogP contribution in [0.3, 0.4) is 0 Å². The Morgan fingerprint density at radius 1 is 1.03 bits per heavy atom. The number of nitro groups is 1. The molecule has 0 fully saturated rings. The zero-order valence-electron chi connectivity index (χ0n) is 16.5. The van der Waals surface area contributed by atoms with Crippen molar-refractivity contribution < 1.29 is 22.8 Å². The Hall–Kier alpha value is -3.92. The molecule has 3 aromatic rings. The topological polar surface area (TPSA) is 120 Å². The molecule has 0 saturated carbocycles. The van der Waals surface area contributed by atoms with E-state index in [-0.39, 0.29) is 17.2 Å². The molecule has 0 aliphatic rings. The fourth-order valence-corrected chi connectivity index (χ4v) is 3.39. The van der Waals surface area contributed by atoms with E-state index in [0.29, 0.717) is 17.1 Å². The van der Waals surface area contributed by atoms with Gasteiger partial charge in [0.2, 0.25) is 0 Å². The van der Waals surface area contributed by atoms with Crippen LogP contribution < -0.4 is 14.3 Å². The largest absolute Gasteiger partial charge is 0.493 e. The molecule has 1 N–H and O–H groups in total. The van der Waals surface area contributed by atoms with Crippen LogP contribution in [0, 0.1) is 10.1 Å². The van der Waals surface area contributed by atoms with Crippen molar-refractivity contribution in [1.29, 1.82) is 0 Å². The van der Waals surface area contributed by atoms with Crippen molar-refractivity contribution in [3.63, 3.8) is 0 Å². The van der Waals surface area contributed by atoms with E-state index in [1.807, 2.05) is 0 Å². The molecule has 0 unspecified atom stereocenters. The number of nitrogens with one attached hydrogen (secondary N) is 1. The van der Waals surface area contributed by atoms with Gasteiger partial charge in [-0.2, -0.15) is 13.5 Å². The predicted molar refractivity (Wildman–Crippen MR) is 115 cm³/mol. The van der Waals surface area contributed by atoms with Gasteiger partial charge in [0, 0.05) is 12.1 Å². The highest BCUT2D eigenvalue weighted by Gasteiger charge is 2.11. The summed E-state index contributed by atoms with van der Waals surface area (Å²) in [5.41, 5.74) is 1.36. The molecule has 10 heteroatoms. The van der Waals surface area contributed by atoms with Gasteiger partial charge >= 0.3 is 0 Å². The number of rotatable bonds is 9. The number of hydrogen-bond donors (Lipinski definition) is 1. The lowest BCUT2D eigenvalue weighted by Crippen LogP contribution is -2.18. The molecular weight excluding hydrogens is 422 g/mol. The molecule has 0 bridgehead atoms. The number of nitrogens with zero attached hydrogens (tertiary/aromatic N) is 2. The number of hydrazone groups is 1.